The van der Waals surface area contributed by atoms with Crippen molar-refractivity contribution >= 4 is 0 Å². The lowest BCUT2D eigenvalue weighted by Gasteiger charge is -2.22. The van der Waals surface area contributed by atoms with Crippen LogP contribution in [0.1, 0.15) is 56.7 Å². The zero-order chi connectivity index (χ0) is 12.4. The number of nitrogens with zero attached hydrogens (tertiary/aromatic N) is 2. The van der Waals surface area contributed by atoms with Crippen molar-refractivity contribution in [2.24, 2.45) is 0 Å². The predicted molar refractivity (Wildman–Crippen MR) is 70.2 cm³/mol. The van der Waals surface area contributed by atoms with Gasteiger partial charge >= 0.3 is 0 Å². The number of rotatable bonds is 4. The zero-order valence-corrected chi connectivity index (χ0v) is 10.9. The first-order valence-electron chi connectivity index (χ1n) is 7.27. The van der Waals surface area contributed by atoms with Crippen molar-refractivity contribution in [3.8, 4) is 0 Å². The third-order valence-electron chi connectivity index (χ3n) is 4.21. The van der Waals surface area contributed by atoms with Crippen molar-refractivity contribution in [2.75, 3.05) is 0 Å². The molecule has 2 saturated carbocycles. The fourth-order valence-electron chi connectivity index (χ4n) is 2.91. The van der Waals surface area contributed by atoms with Crippen LogP contribution in [-0.2, 0) is 6.54 Å². The summed E-state index contributed by atoms with van der Waals surface area (Å²) in [5, 5.41) is 13.6. The molecule has 2 fully saturated rings. The van der Waals surface area contributed by atoms with E-state index in [2.05, 4.69) is 14.9 Å². The van der Waals surface area contributed by atoms with Gasteiger partial charge in [0.05, 0.1) is 18.1 Å². The number of hydrogen-bond donors (Lipinski definition) is 2. The Bertz CT molecular complexity index is 386. The van der Waals surface area contributed by atoms with Crippen LogP contribution in [0.4, 0.5) is 0 Å². The Kier molecular flexibility index (Phi) is 3.66. The summed E-state index contributed by atoms with van der Waals surface area (Å²) in [5.74, 6) is 0. The Balaban J connectivity index is 1.57. The lowest BCUT2D eigenvalue weighted by Crippen LogP contribution is -2.39. The lowest BCUT2D eigenvalue weighted by molar-refractivity contribution is 0.119. The summed E-state index contributed by atoms with van der Waals surface area (Å²) in [6.07, 6.45) is 12.0. The maximum atomic E-state index is 10.1. The molecule has 2 aliphatic rings. The highest BCUT2D eigenvalue weighted by molar-refractivity contribution is 5.03. The van der Waals surface area contributed by atoms with E-state index >= 15 is 0 Å². The normalized spacial score (nSPS) is 29.2. The molecule has 0 saturated heterocycles. The highest BCUT2D eigenvalue weighted by Gasteiger charge is 2.26. The van der Waals surface area contributed by atoms with Crippen LogP contribution in [0.3, 0.4) is 0 Å². The molecule has 0 bridgehead atoms. The summed E-state index contributed by atoms with van der Waals surface area (Å²) >= 11 is 0. The second-order valence-electron chi connectivity index (χ2n) is 5.72. The fourth-order valence-corrected chi connectivity index (χ4v) is 2.91. The Morgan fingerprint density at radius 3 is 2.89 bits per heavy atom. The summed E-state index contributed by atoms with van der Waals surface area (Å²) in [7, 11) is 0. The van der Waals surface area contributed by atoms with E-state index in [0.717, 1.165) is 19.4 Å². The molecule has 1 heterocycles. The number of aliphatic hydroxyl groups is 1. The van der Waals surface area contributed by atoms with E-state index < -0.39 is 0 Å². The number of imidazole rings is 1. The summed E-state index contributed by atoms with van der Waals surface area (Å²) in [6, 6.07) is 0.943. The lowest BCUT2D eigenvalue weighted by atomic mass is 10.1. The van der Waals surface area contributed by atoms with Crippen molar-refractivity contribution in [3.63, 3.8) is 0 Å². The van der Waals surface area contributed by atoms with Gasteiger partial charge in [0.1, 0.15) is 0 Å². The number of hydrogen-bond acceptors (Lipinski definition) is 3. The van der Waals surface area contributed by atoms with Crippen molar-refractivity contribution in [3.05, 3.63) is 18.2 Å². The average molecular weight is 249 g/mol. The molecule has 2 N–H and O–H groups in total. The van der Waals surface area contributed by atoms with Gasteiger partial charge in [-0.3, -0.25) is 0 Å². The fraction of sp³-hybridized carbons (Fsp3) is 0.786. The molecule has 4 nitrogen and oxygen atoms in total. The summed E-state index contributed by atoms with van der Waals surface area (Å²) in [5.41, 5.74) is 1.26. The maximum Gasteiger partial charge on any atom is 0.0951 e. The summed E-state index contributed by atoms with van der Waals surface area (Å²) < 4.78 is 2.29. The van der Waals surface area contributed by atoms with Crippen LogP contribution in [0.25, 0.3) is 0 Å². The molecule has 0 spiro atoms. The molecule has 2 aliphatic carbocycles. The van der Waals surface area contributed by atoms with Gasteiger partial charge in [0.25, 0.3) is 0 Å². The Morgan fingerprint density at radius 2 is 2.06 bits per heavy atom. The van der Waals surface area contributed by atoms with Crippen LogP contribution in [0.2, 0.25) is 0 Å². The van der Waals surface area contributed by atoms with E-state index in [0.29, 0.717) is 6.04 Å². The second kappa shape index (κ2) is 5.41. The molecule has 100 valence electrons. The van der Waals surface area contributed by atoms with Gasteiger partial charge in [-0.05, 0) is 25.7 Å². The van der Waals surface area contributed by atoms with Gasteiger partial charge in [-0.1, -0.05) is 19.3 Å². The molecule has 0 amide bonds. The minimum atomic E-state index is -0.176. The van der Waals surface area contributed by atoms with E-state index in [1.165, 1.54) is 37.8 Å². The number of aromatic nitrogens is 2. The number of nitrogens with one attached hydrogen (secondary N) is 1. The van der Waals surface area contributed by atoms with Gasteiger partial charge < -0.3 is 15.0 Å². The van der Waals surface area contributed by atoms with Crippen molar-refractivity contribution < 1.29 is 5.11 Å². The molecular weight excluding hydrogens is 226 g/mol. The highest BCUT2D eigenvalue weighted by atomic mass is 16.3. The van der Waals surface area contributed by atoms with E-state index in [4.69, 9.17) is 0 Å². The monoisotopic (exact) mass is 249 g/mol. The van der Waals surface area contributed by atoms with Crippen LogP contribution >= 0.6 is 0 Å². The minimum Gasteiger partial charge on any atom is -0.392 e. The van der Waals surface area contributed by atoms with Gasteiger partial charge in [-0.25, -0.2) is 4.98 Å². The average Bonchev–Trinajstić information content (AvgIpc) is 3.14. The van der Waals surface area contributed by atoms with Crippen LogP contribution in [0.15, 0.2) is 12.5 Å². The van der Waals surface area contributed by atoms with Crippen molar-refractivity contribution in [2.45, 2.75) is 69.7 Å². The first kappa shape index (κ1) is 12.2. The van der Waals surface area contributed by atoms with E-state index in [-0.39, 0.29) is 12.1 Å². The Morgan fingerprint density at radius 1 is 1.22 bits per heavy atom. The standard InChI is InChI=1S/C14H23N3O/c18-14-5-3-1-2-4-13(14)16-9-12-8-15-10-17(12)11-6-7-11/h8,10-11,13-14,16,18H,1-7,9H2. The van der Waals surface area contributed by atoms with E-state index in [9.17, 15) is 5.11 Å². The first-order valence-corrected chi connectivity index (χ1v) is 7.27. The van der Waals surface area contributed by atoms with Crippen LogP contribution in [-0.4, -0.2) is 26.8 Å². The van der Waals surface area contributed by atoms with Gasteiger partial charge in [0.15, 0.2) is 0 Å². The maximum absolute atomic E-state index is 10.1. The highest BCUT2D eigenvalue weighted by Crippen LogP contribution is 2.35. The molecule has 2 unspecified atom stereocenters. The van der Waals surface area contributed by atoms with E-state index in [1.54, 1.807) is 0 Å². The predicted octanol–water partition coefficient (Wildman–Crippen LogP) is 2.00. The van der Waals surface area contributed by atoms with Crippen LogP contribution in [0.5, 0.6) is 0 Å². The number of aliphatic hydroxyl groups excluding tert-OH is 1. The molecular formula is C14H23N3O. The molecule has 3 rings (SSSR count). The molecule has 4 heteroatoms. The molecule has 1 aromatic heterocycles. The molecule has 2 atom stereocenters. The third kappa shape index (κ3) is 2.75. The van der Waals surface area contributed by atoms with Gasteiger partial charge in [-0.2, -0.15) is 0 Å². The van der Waals surface area contributed by atoms with E-state index in [1.807, 2.05) is 12.5 Å². The smallest absolute Gasteiger partial charge is 0.0951 e. The quantitative estimate of drug-likeness (QED) is 0.802. The Hall–Kier alpha value is -0.870. The Labute approximate surface area is 108 Å². The van der Waals surface area contributed by atoms with Gasteiger partial charge in [0.2, 0.25) is 0 Å². The zero-order valence-electron chi connectivity index (χ0n) is 10.9. The third-order valence-corrected chi connectivity index (χ3v) is 4.21. The SMILES string of the molecule is OC1CCCCCC1NCc1cncn1C1CC1. The van der Waals surface area contributed by atoms with Gasteiger partial charge in [-0.15, -0.1) is 0 Å². The topological polar surface area (TPSA) is 50.1 Å². The molecule has 1 aromatic rings. The molecule has 0 aromatic carbocycles. The van der Waals surface area contributed by atoms with Crippen molar-refractivity contribution in [1.29, 1.82) is 0 Å². The second-order valence-corrected chi connectivity index (χ2v) is 5.72. The van der Waals surface area contributed by atoms with Crippen LogP contribution in [0, 0.1) is 0 Å². The molecule has 0 radical (unpaired) electrons. The first-order chi connectivity index (χ1) is 8.84. The minimum absolute atomic E-state index is 0.176. The van der Waals surface area contributed by atoms with Crippen molar-refractivity contribution in [1.82, 2.24) is 14.9 Å². The summed E-state index contributed by atoms with van der Waals surface area (Å²) in [6.45, 7) is 0.832. The largest absolute Gasteiger partial charge is 0.392 e. The van der Waals surface area contributed by atoms with Crippen LogP contribution < -0.4 is 5.32 Å². The molecule has 0 aliphatic heterocycles. The summed E-state index contributed by atoms with van der Waals surface area (Å²) in [4.78, 5) is 4.25. The molecule has 18 heavy (non-hydrogen) atoms. The van der Waals surface area contributed by atoms with Gasteiger partial charge in [0, 0.05) is 24.8 Å².